The van der Waals surface area contributed by atoms with Crippen molar-refractivity contribution in [3.8, 4) is 10.6 Å². The second-order valence-electron chi connectivity index (χ2n) is 5.25. The average Bonchev–Trinajstić information content (AvgIpc) is 2.94. The number of halogens is 1. The van der Waals surface area contributed by atoms with Crippen molar-refractivity contribution in [3.63, 3.8) is 0 Å². The highest BCUT2D eigenvalue weighted by Crippen LogP contribution is 2.28. The molecule has 0 saturated carbocycles. The Labute approximate surface area is 152 Å². The monoisotopic (exact) mass is 374 g/mol. The van der Waals surface area contributed by atoms with Crippen LogP contribution in [0.15, 0.2) is 41.4 Å². The van der Waals surface area contributed by atoms with Crippen molar-refractivity contribution in [3.05, 3.63) is 52.9 Å². The first-order valence-electron chi connectivity index (χ1n) is 7.47. The van der Waals surface area contributed by atoms with E-state index in [1.165, 1.54) is 36.0 Å². The molecule has 0 radical (unpaired) electrons. The molecular formula is C17H15FN4OS2. The Bertz CT molecular complexity index is 879. The fraction of sp³-hybridized carbons (Fsp3) is 0.176. The molecule has 0 saturated heterocycles. The van der Waals surface area contributed by atoms with E-state index in [9.17, 15) is 9.18 Å². The largest absolute Gasteiger partial charge is 0.325 e. The van der Waals surface area contributed by atoms with Gasteiger partial charge in [0.25, 0.3) is 0 Å². The van der Waals surface area contributed by atoms with Gasteiger partial charge in [-0.05, 0) is 50.2 Å². The smallest absolute Gasteiger partial charge is 0.234 e. The van der Waals surface area contributed by atoms with Crippen molar-refractivity contribution >= 4 is 34.7 Å². The molecular weight excluding hydrogens is 359 g/mol. The molecule has 0 atom stereocenters. The first-order chi connectivity index (χ1) is 12.0. The lowest BCUT2D eigenvalue weighted by Gasteiger charge is -2.05. The van der Waals surface area contributed by atoms with Crippen LogP contribution in [0.3, 0.4) is 0 Å². The lowest BCUT2D eigenvalue weighted by Crippen LogP contribution is -2.14. The molecule has 0 aliphatic carbocycles. The van der Waals surface area contributed by atoms with Crippen LogP contribution >= 0.6 is 23.1 Å². The van der Waals surface area contributed by atoms with E-state index in [0.717, 1.165) is 21.3 Å². The van der Waals surface area contributed by atoms with Crippen molar-refractivity contribution in [2.45, 2.75) is 18.9 Å². The summed E-state index contributed by atoms with van der Waals surface area (Å²) in [5.41, 5.74) is 2.28. The van der Waals surface area contributed by atoms with E-state index in [0.29, 0.717) is 10.7 Å². The predicted octanol–water partition coefficient (Wildman–Crippen LogP) is 4.09. The third kappa shape index (κ3) is 4.61. The Morgan fingerprint density at radius 2 is 1.92 bits per heavy atom. The molecule has 25 heavy (non-hydrogen) atoms. The van der Waals surface area contributed by atoms with Gasteiger partial charge in [-0.3, -0.25) is 4.79 Å². The highest BCUT2D eigenvalue weighted by atomic mass is 32.2. The Hall–Kier alpha value is -2.32. The van der Waals surface area contributed by atoms with Crippen LogP contribution in [-0.2, 0) is 4.79 Å². The zero-order chi connectivity index (χ0) is 17.8. The number of anilines is 1. The molecule has 0 bridgehead atoms. The fourth-order valence-electron chi connectivity index (χ4n) is 2.16. The SMILES string of the molecule is Cc1nc(C)c(-c2ccc(SCC(=O)Nc3ccc(F)cc3)nn2)s1. The summed E-state index contributed by atoms with van der Waals surface area (Å²) in [7, 11) is 0. The summed E-state index contributed by atoms with van der Waals surface area (Å²) in [6.07, 6.45) is 0. The summed E-state index contributed by atoms with van der Waals surface area (Å²) in [6.45, 7) is 3.90. The van der Waals surface area contributed by atoms with E-state index in [1.54, 1.807) is 11.3 Å². The molecule has 3 aromatic rings. The van der Waals surface area contributed by atoms with Crippen LogP contribution in [0.25, 0.3) is 10.6 Å². The summed E-state index contributed by atoms with van der Waals surface area (Å²) in [6, 6.07) is 9.36. The molecule has 128 valence electrons. The van der Waals surface area contributed by atoms with Gasteiger partial charge in [-0.25, -0.2) is 9.37 Å². The van der Waals surface area contributed by atoms with Gasteiger partial charge in [0, 0.05) is 5.69 Å². The van der Waals surface area contributed by atoms with Crippen molar-refractivity contribution in [1.29, 1.82) is 0 Å². The number of aromatic nitrogens is 3. The van der Waals surface area contributed by atoms with Crippen LogP contribution in [-0.4, -0.2) is 26.8 Å². The number of hydrogen-bond donors (Lipinski definition) is 1. The average molecular weight is 374 g/mol. The summed E-state index contributed by atoms with van der Waals surface area (Å²) in [5.74, 6) is -0.324. The maximum Gasteiger partial charge on any atom is 0.234 e. The minimum atomic E-state index is -0.339. The Balaban J connectivity index is 1.57. The number of benzene rings is 1. The van der Waals surface area contributed by atoms with E-state index in [2.05, 4.69) is 20.5 Å². The third-order valence-corrected chi connectivity index (χ3v) is 5.27. The number of hydrogen-bond acceptors (Lipinski definition) is 6. The zero-order valence-electron chi connectivity index (χ0n) is 13.6. The topological polar surface area (TPSA) is 67.8 Å². The number of amides is 1. The summed E-state index contributed by atoms with van der Waals surface area (Å²) < 4.78 is 12.8. The van der Waals surface area contributed by atoms with E-state index < -0.39 is 0 Å². The standard InChI is InChI=1S/C17H15FN4OS2/c1-10-17(25-11(2)19-10)14-7-8-16(22-21-14)24-9-15(23)20-13-5-3-12(18)4-6-13/h3-8H,9H2,1-2H3,(H,20,23). The molecule has 0 spiro atoms. The lowest BCUT2D eigenvalue weighted by atomic mass is 10.3. The Morgan fingerprint density at radius 1 is 1.16 bits per heavy atom. The van der Waals surface area contributed by atoms with Crippen molar-refractivity contribution < 1.29 is 9.18 Å². The number of thiazole rings is 1. The van der Waals surface area contributed by atoms with Crippen LogP contribution in [0.4, 0.5) is 10.1 Å². The minimum Gasteiger partial charge on any atom is -0.325 e. The summed E-state index contributed by atoms with van der Waals surface area (Å²) in [4.78, 5) is 17.3. The van der Waals surface area contributed by atoms with Crippen LogP contribution < -0.4 is 5.32 Å². The van der Waals surface area contributed by atoms with Gasteiger partial charge in [-0.2, -0.15) is 0 Å². The van der Waals surface area contributed by atoms with Crippen LogP contribution in [0.2, 0.25) is 0 Å². The van der Waals surface area contributed by atoms with Crippen molar-refractivity contribution in [1.82, 2.24) is 15.2 Å². The number of carbonyl (C=O) groups is 1. The third-order valence-electron chi connectivity index (χ3n) is 3.26. The number of carbonyl (C=O) groups excluding carboxylic acids is 1. The van der Waals surface area contributed by atoms with Gasteiger partial charge in [0.1, 0.15) is 16.5 Å². The second kappa shape index (κ2) is 7.71. The first kappa shape index (κ1) is 17.5. The van der Waals surface area contributed by atoms with E-state index in [-0.39, 0.29) is 17.5 Å². The van der Waals surface area contributed by atoms with Gasteiger partial charge in [-0.1, -0.05) is 11.8 Å². The fourth-order valence-corrected chi connectivity index (χ4v) is 3.66. The molecule has 1 N–H and O–H groups in total. The minimum absolute atomic E-state index is 0.184. The lowest BCUT2D eigenvalue weighted by molar-refractivity contribution is -0.113. The van der Waals surface area contributed by atoms with E-state index in [4.69, 9.17) is 0 Å². The molecule has 2 heterocycles. The van der Waals surface area contributed by atoms with Gasteiger partial charge < -0.3 is 5.32 Å². The zero-order valence-corrected chi connectivity index (χ0v) is 15.2. The maximum absolute atomic E-state index is 12.8. The number of aryl methyl sites for hydroxylation is 2. The van der Waals surface area contributed by atoms with Crippen molar-refractivity contribution in [2.75, 3.05) is 11.1 Å². The molecule has 0 unspecified atom stereocenters. The molecule has 1 amide bonds. The predicted molar refractivity (Wildman–Crippen MR) is 98.4 cm³/mol. The Kier molecular flexibility index (Phi) is 5.40. The molecule has 5 nitrogen and oxygen atoms in total. The molecule has 0 aliphatic heterocycles. The van der Waals surface area contributed by atoms with Gasteiger partial charge in [-0.15, -0.1) is 21.5 Å². The number of nitrogens with zero attached hydrogens (tertiary/aromatic N) is 3. The first-order valence-corrected chi connectivity index (χ1v) is 9.28. The van der Waals surface area contributed by atoms with Crippen LogP contribution in [0.1, 0.15) is 10.7 Å². The summed E-state index contributed by atoms with van der Waals surface area (Å²) in [5, 5.41) is 12.7. The normalized spacial score (nSPS) is 10.7. The Morgan fingerprint density at radius 3 is 2.52 bits per heavy atom. The van der Waals surface area contributed by atoms with Gasteiger partial charge in [0.2, 0.25) is 5.91 Å². The quantitative estimate of drug-likeness (QED) is 0.682. The van der Waals surface area contributed by atoms with E-state index >= 15 is 0 Å². The molecule has 8 heteroatoms. The van der Waals surface area contributed by atoms with Crippen LogP contribution in [0, 0.1) is 19.7 Å². The van der Waals surface area contributed by atoms with Gasteiger partial charge >= 0.3 is 0 Å². The van der Waals surface area contributed by atoms with E-state index in [1.807, 2.05) is 26.0 Å². The maximum atomic E-state index is 12.8. The molecule has 0 aliphatic rings. The van der Waals surface area contributed by atoms with Gasteiger partial charge in [0.15, 0.2) is 0 Å². The molecule has 3 rings (SSSR count). The number of rotatable bonds is 5. The summed E-state index contributed by atoms with van der Waals surface area (Å²) >= 11 is 2.87. The van der Waals surface area contributed by atoms with Crippen LogP contribution in [0.5, 0.6) is 0 Å². The number of nitrogens with one attached hydrogen (secondary N) is 1. The highest BCUT2D eigenvalue weighted by molar-refractivity contribution is 7.99. The van der Waals surface area contributed by atoms with Gasteiger partial charge in [0.05, 0.1) is 21.3 Å². The number of thioether (sulfide) groups is 1. The second-order valence-corrected chi connectivity index (χ2v) is 7.45. The highest BCUT2D eigenvalue weighted by Gasteiger charge is 2.10. The molecule has 1 aromatic carbocycles. The molecule has 2 aromatic heterocycles. The van der Waals surface area contributed by atoms with Crippen molar-refractivity contribution in [2.24, 2.45) is 0 Å². The molecule has 0 fully saturated rings.